The van der Waals surface area contributed by atoms with Crippen molar-refractivity contribution in [2.75, 3.05) is 23.8 Å². The van der Waals surface area contributed by atoms with Crippen LogP contribution in [-0.2, 0) is 19.1 Å². The van der Waals surface area contributed by atoms with E-state index < -0.39 is 0 Å². The van der Waals surface area contributed by atoms with Crippen LogP contribution in [0, 0.1) is 13.8 Å². The lowest BCUT2D eigenvalue weighted by atomic mass is 10.0. The van der Waals surface area contributed by atoms with Gasteiger partial charge in [0, 0.05) is 31.5 Å². The quantitative estimate of drug-likeness (QED) is 0.441. The number of imide groups is 1. The molecule has 1 heterocycles. The average molecular weight is 450 g/mol. The number of hydrogen-bond acceptors (Lipinski definition) is 5. The van der Waals surface area contributed by atoms with Crippen LogP contribution in [0.25, 0.3) is 5.57 Å². The fraction of sp³-hybridized carbons (Fsp3) is 0.346. The molecule has 1 aliphatic rings. The summed E-state index contributed by atoms with van der Waals surface area (Å²) in [6, 6.07) is 12.8. The lowest BCUT2D eigenvalue weighted by Gasteiger charge is -2.16. The molecule has 1 aliphatic heterocycles. The van der Waals surface area contributed by atoms with Gasteiger partial charge in [0.2, 0.25) is 5.91 Å². The van der Waals surface area contributed by atoms with Crippen LogP contribution in [0.15, 0.2) is 48.2 Å². The Morgan fingerprint density at radius 3 is 2.33 bits per heavy atom. The minimum atomic E-state index is -0.356. The fourth-order valence-corrected chi connectivity index (χ4v) is 3.72. The third kappa shape index (κ3) is 5.87. The molecule has 33 heavy (non-hydrogen) atoms. The summed E-state index contributed by atoms with van der Waals surface area (Å²) in [5.74, 6) is -0.879. The van der Waals surface area contributed by atoms with E-state index in [0.717, 1.165) is 16.8 Å². The third-order valence-electron chi connectivity index (χ3n) is 5.28. The third-order valence-corrected chi connectivity index (χ3v) is 5.28. The number of hydrogen-bond donors (Lipinski definition) is 2. The van der Waals surface area contributed by atoms with Crippen LogP contribution in [0.5, 0.6) is 0 Å². The molecule has 0 fully saturated rings. The van der Waals surface area contributed by atoms with E-state index in [2.05, 4.69) is 10.6 Å². The Labute approximate surface area is 194 Å². The van der Waals surface area contributed by atoms with Crippen LogP contribution < -0.4 is 10.6 Å². The summed E-state index contributed by atoms with van der Waals surface area (Å²) in [5, 5.41) is 5.93. The zero-order chi connectivity index (χ0) is 24.1. The minimum Gasteiger partial charge on any atom is -0.379 e. The van der Waals surface area contributed by atoms with Gasteiger partial charge in [-0.15, -0.1) is 0 Å². The standard InChI is InChI=1S/C26H31N3O4/c1-16(2)33-14-6-13-29-25(31)23(20-8-10-21(11-9-20)27-19(5)30)24(26(29)32)28-22-12-7-17(3)15-18(22)4/h7-12,15-16,28H,6,13-14H2,1-5H3,(H,27,30). The maximum Gasteiger partial charge on any atom is 0.278 e. The van der Waals surface area contributed by atoms with Gasteiger partial charge in [-0.1, -0.05) is 29.8 Å². The SMILES string of the molecule is CC(=O)Nc1ccc(C2=C(Nc3ccc(C)cc3C)C(=O)N(CCCOC(C)C)C2=O)cc1. The van der Waals surface area contributed by atoms with E-state index in [1.165, 1.54) is 11.8 Å². The largest absolute Gasteiger partial charge is 0.379 e. The molecular weight excluding hydrogens is 418 g/mol. The van der Waals surface area contributed by atoms with Gasteiger partial charge in [0.1, 0.15) is 5.70 Å². The van der Waals surface area contributed by atoms with Crippen LogP contribution in [0.1, 0.15) is 43.9 Å². The Kier molecular flexibility index (Phi) is 7.66. The Hall–Kier alpha value is -3.45. The summed E-state index contributed by atoms with van der Waals surface area (Å²) in [5.41, 5.74) is 4.66. The van der Waals surface area contributed by atoms with Crippen LogP contribution in [-0.4, -0.2) is 41.9 Å². The van der Waals surface area contributed by atoms with Crippen molar-refractivity contribution in [3.63, 3.8) is 0 Å². The molecule has 174 valence electrons. The number of carbonyl (C=O) groups is 3. The molecule has 0 saturated carbocycles. The Morgan fingerprint density at radius 1 is 1.03 bits per heavy atom. The smallest absolute Gasteiger partial charge is 0.278 e. The summed E-state index contributed by atoms with van der Waals surface area (Å²) in [6.45, 7) is 10.0. The van der Waals surface area contributed by atoms with E-state index in [1.807, 2.05) is 45.9 Å². The Balaban J connectivity index is 1.93. The molecule has 0 spiro atoms. The lowest BCUT2D eigenvalue weighted by Crippen LogP contribution is -2.34. The van der Waals surface area contributed by atoms with Gasteiger partial charge in [-0.3, -0.25) is 19.3 Å². The van der Waals surface area contributed by atoms with Crippen molar-refractivity contribution < 1.29 is 19.1 Å². The van der Waals surface area contributed by atoms with E-state index in [9.17, 15) is 14.4 Å². The molecule has 0 aromatic heterocycles. The van der Waals surface area contributed by atoms with Crippen molar-refractivity contribution in [1.82, 2.24) is 4.90 Å². The van der Waals surface area contributed by atoms with E-state index in [1.54, 1.807) is 24.3 Å². The maximum absolute atomic E-state index is 13.3. The Bertz CT molecular complexity index is 1090. The number of rotatable bonds is 9. The topological polar surface area (TPSA) is 87.7 Å². The van der Waals surface area contributed by atoms with Crippen LogP contribution in [0.2, 0.25) is 0 Å². The lowest BCUT2D eigenvalue weighted by molar-refractivity contribution is -0.137. The number of amides is 3. The molecule has 0 radical (unpaired) electrons. The fourth-order valence-electron chi connectivity index (χ4n) is 3.72. The van der Waals surface area contributed by atoms with Crippen LogP contribution in [0.4, 0.5) is 11.4 Å². The normalized spacial score (nSPS) is 13.8. The molecular formula is C26H31N3O4. The molecule has 3 amide bonds. The number of carbonyl (C=O) groups excluding carboxylic acids is 3. The second-order valence-electron chi connectivity index (χ2n) is 8.49. The summed E-state index contributed by atoms with van der Waals surface area (Å²) in [7, 11) is 0. The maximum atomic E-state index is 13.3. The van der Waals surface area contributed by atoms with Crippen molar-refractivity contribution in [2.24, 2.45) is 0 Å². The van der Waals surface area contributed by atoms with Gasteiger partial charge in [-0.05, 0) is 63.4 Å². The molecule has 0 aliphatic carbocycles. The van der Waals surface area contributed by atoms with Crippen molar-refractivity contribution >= 4 is 34.7 Å². The van der Waals surface area contributed by atoms with Gasteiger partial charge in [-0.2, -0.15) is 0 Å². The van der Waals surface area contributed by atoms with E-state index in [4.69, 9.17) is 4.74 Å². The Morgan fingerprint density at radius 2 is 1.73 bits per heavy atom. The molecule has 3 rings (SSSR count). The number of nitrogens with one attached hydrogen (secondary N) is 2. The first kappa shape index (κ1) is 24.2. The molecule has 7 nitrogen and oxygen atoms in total. The second kappa shape index (κ2) is 10.4. The number of aryl methyl sites for hydroxylation is 2. The minimum absolute atomic E-state index is 0.0903. The van der Waals surface area contributed by atoms with Crippen molar-refractivity contribution in [3.05, 3.63) is 64.9 Å². The first-order chi connectivity index (χ1) is 15.7. The summed E-state index contributed by atoms with van der Waals surface area (Å²) in [6.07, 6.45) is 0.647. The van der Waals surface area contributed by atoms with E-state index in [0.29, 0.717) is 29.9 Å². The monoisotopic (exact) mass is 449 g/mol. The van der Waals surface area contributed by atoms with Crippen LogP contribution >= 0.6 is 0 Å². The predicted molar refractivity (Wildman–Crippen MR) is 130 cm³/mol. The molecule has 0 atom stereocenters. The highest BCUT2D eigenvalue weighted by Crippen LogP contribution is 2.32. The highest BCUT2D eigenvalue weighted by Gasteiger charge is 2.39. The predicted octanol–water partition coefficient (Wildman–Crippen LogP) is 4.27. The summed E-state index contributed by atoms with van der Waals surface area (Å²) in [4.78, 5) is 39.2. The van der Waals surface area contributed by atoms with Gasteiger partial charge >= 0.3 is 0 Å². The van der Waals surface area contributed by atoms with Crippen LogP contribution in [0.3, 0.4) is 0 Å². The zero-order valence-electron chi connectivity index (χ0n) is 19.8. The molecule has 0 bridgehead atoms. The van der Waals surface area contributed by atoms with Crippen molar-refractivity contribution in [3.8, 4) is 0 Å². The van der Waals surface area contributed by atoms with Gasteiger partial charge < -0.3 is 15.4 Å². The zero-order valence-corrected chi connectivity index (χ0v) is 19.8. The molecule has 0 saturated heterocycles. The summed E-state index contributed by atoms with van der Waals surface area (Å²) >= 11 is 0. The van der Waals surface area contributed by atoms with Gasteiger partial charge in [-0.25, -0.2) is 0 Å². The van der Waals surface area contributed by atoms with Gasteiger partial charge in [0.25, 0.3) is 11.8 Å². The molecule has 7 heteroatoms. The number of benzene rings is 2. The number of ether oxygens (including phenoxy) is 1. The van der Waals surface area contributed by atoms with Gasteiger partial charge in [0.15, 0.2) is 0 Å². The molecule has 2 aromatic rings. The highest BCUT2D eigenvalue weighted by molar-refractivity contribution is 6.36. The molecule has 2 aromatic carbocycles. The second-order valence-corrected chi connectivity index (χ2v) is 8.49. The number of nitrogens with zero attached hydrogens (tertiary/aromatic N) is 1. The first-order valence-electron chi connectivity index (χ1n) is 11.1. The van der Waals surface area contributed by atoms with E-state index >= 15 is 0 Å². The highest BCUT2D eigenvalue weighted by atomic mass is 16.5. The van der Waals surface area contributed by atoms with Crippen molar-refractivity contribution in [1.29, 1.82) is 0 Å². The molecule has 2 N–H and O–H groups in total. The van der Waals surface area contributed by atoms with E-state index in [-0.39, 0.29) is 36.1 Å². The number of anilines is 2. The van der Waals surface area contributed by atoms with Crippen molar-refractivity contribution in [2.45, 2.75) is 47.1 Å². The first-order valence-corrected chi connectivity index (χ1v) is 11.1. The van der Waals surface area contributed by atoms with Gasteiger partial charge in [0.05, 0.1) is 11.7 Å². The summed E-state index contributed by atoms with van der Waals surface area (Å²) < 4.78 is 5.56. The average Bonchev–Trinajstić information content (AvgIpc) is 2.97. The molecule has 0 unspecified atom stereocenters.